The molecule has 0 bridgehead atoms. The van der Waals surface area contributed by atoms with E-state index in [-0.39, 0.29) is 5.41 Å². The molecule has 0 spiro atoms. The highest BCUT2D eigenvalue weighted by atomic mass is 14.2. The van der Waals surface area contributed by atoms with Crippen LogP contribution >= 0.6 is 0 Å². The summed E-state index contributed by atoms with van der Waals surface area (Å²) in [6.07, 6.45) is 2.34. The molecule has 0 amide bonds. The molecule has 2 aromatic rings. The second-order valence-electron chi connectivity index (χ2n) is 5.66. The molecule has 0 unspecified atom stereocenters. The van der Waals surface area contributed by atoms with Crippen LogP contribution in [-0.4, -0.2) is 0 Å². The average molecular weight is 236 g/mol. The topological polar surface area (TPSA) is 0 Å². The van der Waals surface area contributed by atoms with Crippen molar-refractivity contribution in [3.8, 4) is 0 Å². The molecular formula is C18H20. The van der Waals surface area contributed by atoms with E-state index in [4.69, 9.17) is 0 Å². The lowest BCUT2D eigenvalue weighted by molar-refractivity contribution is 0.546. The normalized spacial score (nSPS) is 11.1. The molecule has 0 aliphatic heterocycles. The Morgan fingerprint density at radius 1 is 0.722 bits per heavy atom. The van der Waals surface area contributed by atoms with Gasteiger partial charge in [0.25, 0.3) is 0 Å². The van der Waals surface area contributed by atoms with Crippen molar-refractivity contribution in [3.05, 3.63) is 77.9 Å². The molecule has 0 aliphatic rings. The van der Waals surface area contributed by atoms with Crippen molar-refractivity contribution >= 4 is 5.57 Å². The first-order valence-electron chi connectivity index (χ1n) is 6.40. The largest absolute Gasteiger partial charge is 0.0707 e. The highest BCUT2D eigenvalue weighted by Gasteiger charge is 2.11. The van der Waals surface area contributed by atoms with Gasteiger partial charge in [-0.15, -0.1) is 0 Å². The standard InChI is InChI=1S/C18H20/c1-18(2,3)14-17(15-10-6-4-7-11-15)16-12-8-5-9-13-16/h4-14H,1-3H3. The molecule has 0 saturated carbocycles. The zero-order valence-corrected chi connectivity index (χ0v) is 11.4. The first-order valence-corrected chi connectivity index (χ1v) is 6.40. The lowest BCUT2D eigenvalue weighted by Crippen LogP contribution is -2.02. The SMILES string of the molecule is CC(C)(C)C=C(c1ccccc1)c1ccccc1. The molecule has 0 fully saturated rings. The van der Waals surface area contributed by atoms with Crippen molar-refractivity contribution in [1.29, 1.82) is 0 Å². The number of hydrogen-bond acceptors (Lipinski definition) is 0. The Balaban J connectivity index is 2.53. The van der Waals surface area contributed by atoms with E-state index in [0.29, 0.717) is 0 Å². The summed E-state index contributed by atoms with van der Waals surface area (Å²) in [4.78, 5) is 0. The lowest BCUT2D eigenvalue weighted by Gasteiger charge is -2.17. The van der Waals surface area contributed by atoms with E-state index in [1.807, 2.05) is 0 Å². The summed E-state index contributed by atoms with van der Waals surface area (Å²) in [6.45, 7) is 6.70. The van der Waals surface area contributed by atoms with Gasteiger partial charge in [0.15, 0.2) is 0 Å². The average Bonchev–Trinajstić information content (AvgIpc) is 2.37. The molecule has 18 heavy (non-hydrogen) atoms. The van der Waals surface area contributed by atoms with Crippen LogP contribution in [0.5, 0.6) is 0 Å². The van der Waals surface area contributed by atoms with Gasteiger partial charge in [-0.1, -0.05) is 87.5 Å². The molecule has 0 nitrogen and oxygen atoms in total. The molecule has 0 aromatic heterocycles. The molecule has 0 heterocycles. The van der Waals surface area contributed by atoms with E-state index in [9.17, 15) is 0 Å². The van der Waals surface area contributed by atoms with Crippen LogP contribution in [0.3, 0.4) is 0 Å². The van der Waals surface area contributed by atoms with E-state index in [1.54, 1.807) is 0 Å². The number of hydrogen-bond donors (Lipinski definition) is 0. The molecule has 0 saturated heterocycles. The smallest absolute Gasteiger partial charge is 0.0146 e. The number of allylic oxidation sites excluding steroid dienone is 1. The monoisotopic (exact) mass is 236 g/mol. The maximum Gasteiger partial charge on any atom is -0.0146 e. The summed E-state index contributed by atoms with van der Waals surface area (Å²) in [5, 5.41) is 0. The second-order valence-corrected chi connectivity index (χ2v) is 5.66. The molecule has 92 valence electrons. The first-order chi connectivity index (χ1) is 8.56. The third kappa shape index (κ3) is 3.33. The van der Waals surface area contributed by atoms with E-state index < -0.39 is 0 Å². The molecule has 0 atom stereocenters. The number of rotatable bonds is 2. The summed E-state index contributed by atoms with van der Waals surface area (Å²) < 4.78 is 0. The van der Waals surface area contributed by atoms with Crippen LogP contribution in [0.1, 0.15) is 31.9 Å². The Morgan fingerprint density at radius 2 is 1.11 bits per heavy atom. The van der Waals surface area contributed by atoms with E-state index >= 15 is 0 Å². The summed E-state index contributed by atoms with van der Waals surface area (Å²) in [6, 6.07) is 21.2. The summed E-state index contributed by atoms with van der Waals surface area (Å²) >= 11 is 0. The predicted molar refractivity (Wildman–Crippen MR) is 79.4 cm³/mol. The Labute approximate surface area is 110 Å². The van der Waals surface area contributed by atoms with Gasteiger partial charge >= 0.3 is 0 Å². The van der Waals surface area contributed by atoms with E-state index in [2.05, 4.69) is 87.5 Å². The van der Waals surface area contributed by atoms with Gasteiger partial charge < -0.3 is 0 Å². The fraction of sp³-hybridized carbons (Fsp3) is 0.222. The third-order valence-corrected chi connectivity index (χ3v) is 2.75. The van der Waals surface area contributed by atoms with Crippen molar-refractivity contribution in [2.24, 2.45) is 5.41 Å². The van der Waals surface area contributed by atoms with E-state index in [0.717, 1.165) is 0 Å². The van der Waals surface area contributed by atoms with Gasteiger partial charge in [0, 0.05) is 0 Å². The van der Waals surface area contributed by atoms with Gasteiger partial charge in [-0.25, -0.2) is 0 Å². The summed E-state index contributed by atoms with van der Waals surface area (Å²) in [5.41, 5.74) is 4.03. The third-order valence-electron chi connectivity index (χ3n) is 2.75. The molecule has 0 radical (unpaired) electrons. The summed E-state index contributed by atoms with van der Waals surface area (Å²) in [5.74, 6) is 0. The molecule has 0 heteroatoms. The maximum absolute atomic E-state index is 2.34. The van der Waals surface area contributed by atoms with Crippen molar-refractivity contribution < 1.29 is 0 Å². The fourth-order valence-electron chi connectivity index (χ4n) is 2.00. The minimum Gasteiger partial charge on any atom is -0.0707 e. The van der Waals surface area contributed by atoms with Crippen molar-refractivity contribution in [2.45, 2.75) is 20.8 Å². The lowest BCUT2D eigenvalue weighted by atomic mass is 9.88. The predicted octanol–water partition coefficient (Wildman–Crippen LogP) is 5.16. The van der Waals surface area contributed by atoms with Gasteiger partial charge in [0.2, 0.25) is 0 Å². The van der Waals surface area contributed by atoms with Crippen LogP contribution in [0.2, 0.25) is 0 Å². The Morgan fingerprint density at radius 3 is 1.44 bits per heavy atom. The Bertz CT molecular complexity index is 471. The van der Waals surface area contributed by atoms with Crippen molar-refractivity contribution in [2.75, 3.05) is 0 Å². The Kier molecular flexibility index (Phi) is 3.66. The summed E-state index contributed by atoms with van der Waals surface area (Å²) in [7, 11) is 0. The maximum atomic E-state index is 2.34. The minimum absolute atomic E-state index is 0.168. The zero-order chi connectivity index (χ0) is 13.0. The van der Waals surface area contributed by atoms with Crippen LogP contribution in [0.15, 0.2) is 66.7 Å². The molecule has 2 rings (SSSR count). The van der Waals surface area contributed by atoms with Crippen LogP contribution < -0.4 is 0 Å². The highest BCUT2D eigenvalue weighted by Crippen LogP contribution is 2.28. The minimum atomic E-state index is 0.168. The zero-order valence-electron chi connectivity index (χ0n) is 11.4. The van der Waals surface area contributed by atoms with Crippen LogP contribution in [0.4, 0.5) is 0 Å². The molecule has 0 N–H and O–H groups in total. The van der Waals surface area contributed by atoms with Gasteiger partial charge in [-0.05, 0) is 22.1 Å². The van der Waals surface area contributed by atoms with Crippen molar-refractivity contribution in [3.63, 3.8) is 0 Å². The Hall–Kier alpha value is -1.82. The number of benzene rings is 2. The molecule has 2 aromatic carbocycles. The van der Waals surface area contributed by atoms with Crippen LogP contribution in [0.25, 0.3) is 5.57 Å². The molecular weight excluding hydrogens is 216 g/mol. The van der Waals surface area contributed by atoms with Gasteiger partial charge in [0.1, 0.15) is 0 Å². The van der Waals surface area contributed by atoms with Crippen LogP contribution in [0, 0.1) is 5.41 Å². The van der Waals surface area contributed by atoms with E-state index in [1.165, 1.54) is 16.7 Å². The quantitative estimate of drug-likeness (QED) is 0.675. The van der Waals surface area contributed by atoms with Gasteiger partial charge in [-0.3, -0.25) is 0 Å². The van der Waals surface area contributed by atoms with Crippen LogP contribution in [-0.2, 0) is 0 Å². The second kappa shape index (κ2) is 5.22. The first kappa shape index (κ1) is 12.6. The highest BCUT2D eigenvalue weighted by molar-refractivity contribution is 5.80. The molecule has 0 aliphatic carbocycles. The van der Waals surface area contributed by atoms with Gasteiger partial charge in [0.05, 0.1) is 0 Å². The van der Waals surface area contributed by atoms with Gasteiger partial charge in [-0.2, -0.15) is 0 Å². The fourth-order valence-corrected chi connectivity index (χ4v) is 2.00. The van der Waals surface area contributed by atoms with Crippen molar-refractivity contribution in [1.82, 2.24) is 0 Å².